The van der Waals surface area contributed by atoms with Gasteiger partial charge in [0.25, 0.3) is 0 Å². The number of carbonyl (C=O) groups excluding carboxylic acids is 1. The van der Waals surface area contributed by atoms with Crippen LogP contribution in [0.15, 0.2) is 23.1 Å². The number of amides is 1. The van der Waals surface area contributed by atoms with E-state index in [2.05, 4.69) is 11.8 Å². The Labute approximate surface area is 171 Å². The molecule has 0 bridgehead atoms. The molecule has 0 aromatic heterocycles. The van der Waals surface area contributed by atoms with Crippen molar-refractivity contribution in [3.8, 4) is 0 Å². The molecule has 0 aliphatic carbocycles. The Morgan fingerprint density at radius 3 is 2.52 bits per heavy atom. The molecule has 0 saturated carbocycles. The Kier molecular flexibility index (Phi) is 6.69. The Bertz CT molecular complexity index is 795. The number of halogens is 2. The third kappa shape index (κ3) is 4.59. The van der Waals surface area contributed by atoms with Crippen LogP contribution in [0, 0.1) is 5.92 Å². The molecule has 3 rings (SSSR count). The van der Waals surface area contributed by atoms with Crippen LogP contribution in [0.3, 0.4) is 0 Å². The second kappa shape index (κ2) is 8.66. The Hall–Kier alpha value is -0.860. The van der Waals surface area contributed by atoms with Gasteiger partial charge in [-0.2, -0.15) is 4.31 Å². The molecule has 2 fully saturated rings. The molecule has 27 heavy (non-hydrogen) atoms. The molecule has 0 unspecified atom stereocenters. The first-order valence-electron chi connectivity index (χ1n) is 9.29. The summed E-state index contributed by atoms with van der Waals surface area (Å²) in [6, 6.07) is 4.41. The van der Waals surface area contributed by atoms with Gasteiger partial charge in [-0.1, -0.05) is 30.1 Å². The van der Waals surface area contributed by atoms with Crippen molar-refractivity contribution in [3.63, 3.8) is 0 Å². The molecule has 1 aromatic rings. The highest BCUT2D eigenvalue weighted by Gasteiger charge is 2.36. The van der Waals surface area contributed by atoms with E-state index in [0.29, 0.717) is 37.5 Å². The van der Waals surface area contributed by atoms with Gasteiger partial charge in [0, 0.05) is 44.3 Å². The molecule has 0 radical (unpaired) electrons. The standard InChI is InChI=1S/C18H25Cl2N3O3S/c1-2-21-8-10-22(11-9-21)18(24)14-4-3-7-23(13-14)27(25,26)17-12-15(19)5-6-16(17)20/h5-6,12,14H,2-4,7-11,13H2,1H3/t14-/m1/s1. The Balaban J connectivity index is 1.72. The van der Waals surface area contributed by atoms with Crippen LogP contribution in [0.1, 0.15) is 19.8 Å². The summed E-state index contributed by atoms with van der Waals surface area (Å²) in [7, 11) is -3.79. The molecule has 9 heteroatoms. The molecule has 2 heterocycles. The van der Waals surface area contributed by atoms with Gasteiger partial charge in [-0.15, -0.1) is 0 Å². The topological polar surface area (TPSA) is 60.9 Å². The minimum atomic E-state index is -3.79. The van der Waals surface area contributed by atoms with Gasteiger partial charge in [0.05, 0.1) is 10.9 Å². The number of sulfonamides is 1. The lowest BCUT2D eigenvalue weighted by molar-refractivity contribution is -0.138. The van der Waals surface area contributed by atoms with Crippen LogP contribution in [-0.2, 0) is 14.8 Å². The van der Waals surface area contributed by atoms with E-state index in [4.69, 9.17) is 23.2 Å². The predicted octanol–water partition coefficient (Wildman–Crippen LogP) is 2.56. The minimum absolute atomic E-state index is 0.00123. The molecular formula is C18H25Cl2N3O3S. The number of carbonyl (C=O) groups is 1. The lowest BCUT2D eigenvalue weighted by Gasteiger charge is -2.38. The number of piperidine rings is 1. The summed E-state index contributed by atoms with van der Waals surface area (Å²) in [5.41, 5.74) is 0. The fourth-order valence-electron chi connectivity index (χ4n) is 3.72. The number of benzene rings is 1. The van der Waals surface area contributed by atoms with Gasteiger partial charge in [-0.05, 0) is 37.6 Å². The van der Waals surface area contributed by atoms with Gasteiger partial charge in [0.2, 0.25) is 15.9 Å². The van der Waals surface area contributed by atoms with Gasteiger partial charge >= 0.3 is 0 Å². The smallest absolute Gasteiger partial charge is 0.244 e. The summed E-state index contributed by atoms with van der Waals surface area (Å²) in [4.78, 5) is 17.1. The van der Waals surface area contributed by atoms with Crippen molar-refractivity contribution in [3.05, 3.63) is 28.2 Å². The van der Waals surface area contributed by atoms with E-state index >= 15 is 0 Å². The van der Waals surface area contributed by atoms with Crippen molar-refractivity contribution in [1.82, 2.24) is 14.1 Å². The summed E-state index contributed by atoms with van der Waals surface area (Å²) in [5.74, 6) is -0.248. The summed E-state index contributed by atoms with van der Waals surface area (Å²) < 4.78 is 27.4. The molecule has 2 aliphatic heterocycles. The van der Waals surface area contributed by atoms with Crippen LogP contribution in [0.4, 0.5) is 0 Å². The summed E-state index contributed by atoms with van der Waals surface area (Å²) in [6.07, 6.45) is 1.37. The van der Waals surface area contributed by atoms with Crippen LogP contribution in [-0.4, -0.2) is 74.2 Å². The van der Waals surface area contributed by atoms with E-state index in [-0.39, 0.29) is 28.3 Å². The molecule has 1 atom stereocenters. The fraction of sp³-hybridized carbons (Fsp3) is 0.611. The first-order valence-corrected chi connectivity index (χ1v) is 11.5. The highest BCUT2D eigenvalue weighted by molar-refractivity contribution is 7.89. The van der Waals surface area contributed by atoms with Crippen molar-refractivity contribution in [2.45, 2.75) is 24.7 Å². The number of hydrogen-bond donors (Lipinski definition) is 0. The van der Waals surface area contributed by atoms with Crippen molar-refractivity contribution >= 4 is 39.1 Å². The van der Waals surface area contributed by atoms with Gasteiger partial charge in [0.15, 0.2) is 0 Å². The molecule has 2 aliphatic rings. The largest absolute Gasteiger partial charge is 0.340 e. The third-order valence-corrected chi connectivity index (χ3v) is 7.96. The van der Waals surface area contributed by atoms with Crippen LogP contribution in [0.5, 0.6) is 0 Å². The predicted molar refractivity (Wildman–Crippen MR) is 107 cm³/mol. The maximum absolute atomic E-state index is 13.0. The number of piperazine rings is 1. The highest BCUT2D eigenvalue weighted by Crippen LogP contribution is 2.31. The molecule has 0 N–H and O–H groups in total. The van der Waals surface area contributed by atoms with E-state index < -0.39 is 10.0 Å². The average molecular weight is 434 g/mol. The normalized spacial score (nSPS) is 22.8. The second-order valence-corrected chi connectivity index (χ2v) is 9.79. The van der Waals surface area contributed by atoms with Crippen molar-refractivity contribution in [1.29, 1.82) is 0 Å². The lowest BCUT2D eigenvalue weighted by atomic mass is 9.98. The number of rotatable bonds is 4. The highest BCUT2D eigenvalue weighted by atomic mass is 35.5. The Morgan fingerprint density at radius 2 is 1.85 bits per heavy atom. The zero-order chi connectivity index (χ0) is 19.6. The summed E-state index contributed by atoms with van der Waals surface area (Å²) in [5, 5.41) is 0.458. The fourth-order valence-corrected chi connectivity index (χ4v) is 5.98. The first kappa shape index (κ1) is 20.9. The van der Waals surface area contributed by atoms with E-state index in [1.807, 2.05) is 4.90 Å². The summed E-state index contributed by atoms with van der Waals surface area (Å²) in [6.45, 7) is 6.83. The zero-order valence-corrected chi connectivity index (χ0v) is 17.7. The monoisotopic (exact) mass is 433 g/mol. The maximum atomic E-state index is 13.0. The minimum Gasteiger partial charge on any atom is -0.340 e. The average Bonchev–Trinajstić information content (AvgIpc) is 2.69. The number of nitrogens with zero attached hydrogens (tertiary/aromatic N) is 3. The van der Waals surface area contributed by atoms with Crippen LogP contribution < -0.4 is 0 Å². The van der Waals surface area contributed by atoms with Gasteiger partial charge in [-0.25, -0.2) is 8.42 Å². The molecule has 0 spiro atoms. The first-order chi connectivity index (χ1) is 12.8. The second-order valence-electron chi connectivity index (χ2n) is 7.04. The number of likely N-dealkylation sites (N-methyl/N-ethyl adjacent to an activating group) is 1. The summed E-state index contributed by atoms with van der Waals surface area (Å²) >= 11 is 12.1. The SMILES string of the molecule is CCN1CCN(C(=O)[C@@H]2CCCN(S(=O)(=O)c3cc(Cl)ccc3Cl)C2)CC1. The van der Waals surface area contributed by atoms with Gasteiger partial charge in [-0.3, -0.25) is 4.79 Å². The number of hydrogen-bond acceptors (Lipinski definition) is 4. The maximum Gasteiger partial charge on any atom is 0.244 e. The molecule has 150 valence electrons. The lowest BCUT2D eigenvalue weighted by Crippen LogP contribution is -2.52. The molecule has 1 aromatic carbocycles. The molecular weight excluding hydrogens is 409 g/mol. The third-order valence-electron chi connectivity index (χ3n) is 5.38. The van der Waals surface area contributed by atoms with Crippen molar-refractivity contribution < 1.29 is 13.2 Å². The van der Waals surface area contributed by atoms with Crippen LogP contribution >= 0.6 is 23.2 Å². The van der Waals surface area contributed by atoms with E-state index in [1.165, 1.54) is 16.4 Å². The van der Waals surface area contributed by atoms with E-state index in [9.17, 15) is 13.2 Å². The van der Waals surface area contributed by atoms with Crippen molar-refractivity contribution in [2.75, 3.05) is 45.8 Å². The van der Waals surface area contributed by atoms with Gasteiger partial charge < -0.3 is 9.80 Å². The van der Waals surface area contributed by atoms with Crippen LogP contribution in [0.2, 0.25) is 10.0 Å². The van der Waals surface area contributed by atoms with Crippen molar-refractivity contribution in [2.24, 2.45) is 5.92 Å². The molecule has 2 saturated heterocycles. The Morgan fingerprint density at radius 1 is 1.15 bits per heavy atom. The van der Waals surface area contributed by atoms with Gasteiger partial charge in [0.1, 0.15) is 4.90 Å². The van der Waals surface area contributed by atoms with E-state index in [0.717, 1.165) is 19.6 Å². The van der Waals surface area contributed by atoms with Crippen LogP contribution in [0.25, 0.3) is 0 Å². The zero-order valence-electron chi connectivity index (χ0n) is 15.4. The quantitative estimate of drug-likeness (QED) is 0.731. The molecule has 6 nitrogen and oxygen atoms in total. The molecule has 1 amide bonds. The van der Waals surface area contributed by atoms with E-state index in [1.54, 1.807) is 6.07 Å².